The number of carbonyl (C=O) groups excluding carboxylic acids is 3. The van der Waals surface area contributed by atoms with Gasteiger partial charge >= 0.3 is 12.6 Å². The lowest BCUT2D eigenvalue weighted by atomic mass is 10.1. The van der Waals surface area contributed by atoms with E-state index >= 15 is 0 Å². The Morgan fingerprint density at radius 3 is 2.32 bits per heavy atom. The summed E-state index contributed by atoms with van der Waals surface area (Å²) in [6, 6.07) is 5.62. The topological polar surface area (TPSA) is 84.9 Å². The predicted octanol–water partition coefficient (Wildman–Crippen LogP) is 2.22. The van der Waals surface area contributed by atoms with E-state index in [2.05, 4.69) is 10.1 Å². The number of nitrogens with zero attached hydrogens (tertiary/aromatic N) is 1. The van der Waals surface area contributed by atoms with E-state index in [0.29, 0.717) is 5.56 Å². The van der Waals surface area contributed by atoms with Crippen LogP contribution in [-0.2, 0) is 19.1 Å². The van der Waals surface area contributed by atoms with Crippen LogP contribution < -0.4 is 10.1 Å². The van der Waals surface area contributed by atoms with Crippen LogP contribution in [0.3, 0.4) is 0 Å². The molecule has 0 saturated carbocycles. The van der Waals surface area contributed by atoms with E-state index < -0.39 is 30.6 Å². The molecule has 0 spiro atoms. The molecule has 154 valence electrons. The summed E-state index contributed by atoms with van der Waals surface area (Å²) in [5.41, 5.74) is 0.142. The van der Waals surface area contributed by atoms with Crippen LogP contribution in [0.4, 0.5) is 8.78 Å². The molecular formula is C19H24F2N2O5. The van der Waals surface area contributed by atoms with Crippen molar-refractivity contribution in [2.45, 2.75) is 32.9 Å². The maximum absolute atomic E-state index is 12.1. The van der Waals surface area contributed by atoms with Crippen LogP contribution in [0.1, 0.15) is 26.3 Å². The van der Waals surface area contributed by atoms with Crippen LogP contribution in [0.5, 0.6) is 5.75 Å². The molecule has 0 aliphatic carbocycles. The van der Waals surface area contributed by atoms with Crippen LogP contribution in [0.25, 0.3) is 6.08 Å². The van der Waals surface area contributed by atoms with E-state index in [1.165, 1.54) is 37.4 Å². The number of amides is 2. The van der Waals surface area contributed by atoms with Crippen LogP contribution in [0.15, 0.2) is 30.3 Å². The van der Waals surface area contributed by atoms with Gasteiger partial charge in [0.1, 0.15) is 5.75 Å². The maximum atomic E-state index is 12.1. The Bertz CT molecular complexity index is 712. The highest BCUT2D eigenvalue weighted by Crippen LogP contribution is 2.15. The van der Waals surface area contributed by atoms with Crippen molar-refractivity contribution in [2.24, 2.45) is 0 Å². The monoisotopic (exact) mass is 398 g/mol. The van der Waals surface area contributed by atoms with Crippen molar-refractivity contribution in [2.75, 3.05) is 20.2 Å². The molecule has 7 nitrogen and oxygen atoms in total. The highest BCUT2D eigenvalue weighted by molar-refractivity contribution is 5.90. The van der Waals surface area contributed by atoms with Crippen molar-refractivity contribution < 1.29 is 32.6 Å². The SMILES string of the molecule is CN(CC(=O)NC(C)(C)C)C(=O)COC(=O)/C=C/c1ccc(OC(F)F)cc1. The first-order valence-electron chi connectivity index (χ1n) is 8.41. The van der Waals surface area contributed by atoms with E-state index in [1.54, 1.807) is 0 Å². The molecule has 0 heterocycles. The van der Waals surface area contributed by atoms with Gasteiger partial charge in [-0.15, -0.1) is 0 Å². The fraction of sp³-hybridized carbons (Fsp3) is 0.421. The Morgan fingerprint density at radius 2 is 1.79 bits per heavy atom. The molecule has 0 radical (unpaired) electrons. The number of rotatable bonds is 8. The van der Waals surface area contributed by atoms with Gasteiger partial charge in [-0.05, 0) is 44.5 Å². The highest BCUT2D eigenvalue weighted by atomic mass is 19.3. The first kappa shape index (κ1) is 23.1. The van der Waals surface area contributed by atoms with Gasteiger partial charge in [-0.25, -0.2) is 4.79 Å². The van der Waals surface area contributed by atoms with E-state index in [1.807, 2.05) is 20.8 Å². The Labute approximate surface area is 162 Å². The first-order valence-corrected chi connectivity index (χ1v) is 8.41. The second-order valence-corrected chi connectivity index (χ2v) is 6.94. The second-order valence-electron chi connectivity index (χ2n) is 6.94. The van der Waals surface area contributed by atoms with Gasteiger partial charge in [-0.3, -0.25) is 9.59 Å². The highest BCUT2D eigenvalue weighted by Gasteiger charge is 2.18. The molecule has 28 heavy (non-hydrogen) atoms. The van der Waals surface area contributed by atoms with Crippen molar-refractivity contribution in [3.05, 3.63) is 35.9 Å². The Kier molecular flexibility index (Phi) is 8.56. The molecular weight excluding hydrogens is 374 g/mol. The summed E-state index contributed by atoms with van der Waals surface area (Å²) in [7, 11) is 1.43. The average molecular weight is 398 g/mol. The first-order chi connectivity index (χ1) is 13.0. The third kappa shape index (κ3) is 9.65. The number of carbonyl (C=O) groups is 3. The zero-order valence-corrected chi connectivity index (χ0v) is 16.2. The number of halogens is 2. The predicted molar refractivity (Wildman–Crippen MR) is 98.6 cm³/mol. The minimum atomic E-state index is -2.91. The smallest absolute Gasteiger partial charge is 0.387 e. The van der Waals surface area contributed by atoms with Gasteiger partial charge in [0.05, 0.1) is 6.54 Å². The van der Waals surface area contributed by atoms with Gasteiger partial charge in [0.15, 0.2) is 6.61 Å². The third-order valence-electron chi connectivity index (χ3n) is 3.18. The van der Waals surface area contributed by atoms with E-state index in [9.17, 15) is 23.2 Å². The molecule has 9 heteroatoms. The summed E-state index contributed by atoms with van der Waals surface area (Å²) < 4.78 is 33.2. The van der Waals surface area contributed by atoms with Gasteiger partial charge in [-0.1, -0.05) is 12.1 Å². The lowest BCUT2D eigenvalue weighted by Gasteiger charge is -2.23. The summed E-state index contributed by atoms with van der Waals surface area (Å²) in [5.74, 6) is -1.61. The molecule has 0 aliphatic heterocycles. The Hall–Kier alpha value is -2.97. The molecule has 1 aromatic carbocycles. The number of nitrogens with one attached hydrogen (secondary N) is 1. The number of hydrogen-bond acceptors (Lipinski definition) is 5. The summed E-state index contributed by atoms with van der Waals surface area (Å²) in [6.45, 7) is 1.88. The molecule has 0 aliphatic rings. The summed E-state index contributed by atoms with van der Waals surface area (Å²) >= 11 is 0. The number of likely N-dealkylation sites (N-methyl/N-ethyl adjacent to an activating group) is 1. The minimum absolute atomic E-state index is 0.00106. The lowest BCUT2D eigenvalue weighted by molar-refractivity contribution is -0.148. The van der Waals surface area contributed by atoms with Gasteiger partial charge in [-0.2, -0.15) is 8.78 Å². The van der Waals surface area contributed by atoms with Gasteiger partial charge in [0.25, 0.3) is 5.91 Å². The van der Waals surface area contributed by atoms with Crippen molar-refractivity contribution in [3.63, 3.8) is 0 Å². The van der Waals surface area contributed by atoms with Crippen molar-refractivity contribution in [1.29, 1.82) is 0 Å². The molecule has 2 amide bonds. The number of alkyl halides is 2. The fourth-order valence-corrected chi connectivity index (χ4v) is 1.98. The number of benzene rings is 1. The van der Waals surface area contributed by atoms with Gasteiger partial charge in [0, 0.05) is 18.7 Å². The Balaban J connectivity index is 2.43. The lowest BCUT2D eigenvalue weighted by Crippen LogP contribution is -2.46. The molecule has 1 aromatic rings. The number of ether oxygens (including phenoxy) is 2. The number of hydrogen-bond donors (Lipinski definition) is 1. The van der Waals surface area contributed by atoms with E-state index in [0.717, 1.165) is 11.0 Å². The summed E-state index contributed by atoms with van der Waals surface area (Å²) in [6.07, 6.45) is 2.50. The molecule has 0 bridgehead atoms. The fourth-order valence-electron chi connectivity index (χ4n) is 1.98. The van der Waals surface area contributed by atoms with Crippen LogP contribution in [-0.4, -0.2) is 55.0 Å². The van der Waals surface area contributed by atoms with Gasteiger partial charge < -0.3 is 19.7 Å². The van der Waals surface area contributed by atoms with Crippen molar-refractivity contribution >= 4 is 23.9 Å². The minimum Gasteiger partial charge on any atom is -0.452 e. The largest absolute Gasteiger partial charge is 0.452 e. The molecule has 1 N–H and O–H groups in total. The molecule has 0 saturated heterocycles. The second kappa shape index (κ2) is 10.4. The quantitative estimate of drug-likeness (QED) is 0.536. The standard InChI is InChI=1S/C19H24F2N2O5/c1-19(2,3)22-15(24)11-23(4)16(25)12-27-17(26)10-7-13-5-8-14(9-6-13)28-18(20)21/h5-10,18H,11-12H2,1-4H3,(H,22,24)/b10-7+. The van der Waals surface area contributed by atoms with E-state index in [4.69, 9.17) is 4.74 Å². The average Bonchev–Trinajstić information content (AvgIpc) is 2.56. The molecule has 1 rings (SSSR count). The molecule has 0 atom stereocenters. The van der Waals surface area contributed by atoms with Gasteiger partial charge in [0.2, 0.25) is 5.91 Å². The zero-order chi connectivity index (χ0) is 21.3. The number of esters is 1. The molecule has 0 aromatic heterocycles. The maximum Gasteiger partial charge on any atom is 0.387 e. The third-order valence-corrected chi connectivity index (χ3v) is 3.18. The van der Waals surface area contributed by atoms with E-state index in [-0.39, 0.29) is 18.2 Å². The molecule has 0 fully saturated rings. The summed E-state index contributed by atoms with van der Waals surface area (Å²) in [5, 5.41) is 2.72. The van der Waals surface area contributed by atoms with Crippen LogP contribution in [0, 0.1) is 0 Å². The van der Waals surface area contributed by atoms with Crippen molar-refractivity contribution in [3.8, 4) is 5.75 Å². The Morgan fingerprint density at radius 1 is 1.18 bits per heavy atom. The zero-order valence-electron chi connectivity index (χ0n) is 16.2. The summed E-state index contributed by atoms with van der Waals surface area (Å²) in [4.78, 5) is 36.5. The van der Waals surface area contributed by atoms with Crippen LogP contribution >= 0.6 is 0 Å². The van der Waals surface area contributed by atoms with Crippen molar-refractivity contribution in [1.82, 2.24) is 10.2 Å². The normalized spacial score (nSPS) is 11.4. The van der Waals surface area contributed by atoms with Crippen LogP contribution in [0.2, 0.25) is 0 Å². The molecule has 0 unspecified atom stereocenters.